The first kappa shape index (κ1) is 20.0. The van der Waals surface area contributed by atoms with Crippen LogP contribution >= 0.6 is 0 Å². The summed E-state index contributed by atoms with van der Waals surface area (Å²) in [5.41, 5.74) is 3.52. The van der Waals surface area contributed by atoms with Crippen LogP contribution in [-0.2, 0) is 0 Å². The summed E-state index contributed by atoms with van der Waals surface area (Å²) in [4.78, 5) is 19.4. The number of piperidine rings is 1. The molecule has 1 aromatic heterocycles. The number of carbonyl (C=O) groups excluding carboxylic acids is 1. The van der Waals surface area contributed by atoms with Gasteiger partial charge >= 0.3 is 0 Å². The van der Waals surface area contributed by atoms with Gasteiger partial charge in [0.25, 0.3) is 5.91 Å². The first-order valence-corrected chi connectivity index (χ1v) is 10.2. The van der Waals surface area contributed by atoms with E-state index in [0.717, 1.165) is 36.3 Å². The molecule has 0 N–H and O–H groups in total. The number of aromatic nitrogens is 2. The Bertz CT molecular complexity index is 1040. The lowest BCUT2D eigenvalue weighted by Crippen LogP contribution is -2.39. The van der Waals surface area contributed by atoms with Gasteiger partial charge in [-0.25, -0.2) is 4.98 Å². The van der Waals surface area contributed by atoms with Crippen LogP contribution in [0.2, 0.25) is 0 Å². The van der Waals surface area contributed by atoms with Gasteiger partial charge in [0.1, 0.15) is 5.69 Å². The second kappa shape index (κ2) is 8.61. The quantitative estimate of drug-likeness (QED) is 0.630. The Morgan fingerprint density at radius 1 is 1.07 bits per heavy atom. The number of methoxy groups -OCH3 is 2. The van der Waals surface area contributed by atoms with Crippen molar-refractivity contribution in [3.8, 4) is 28.3 Å². The number of amides is 1. The Morgan fingerprint density at radius 2 is 1.87 bits per heavy atom. The van der Waals surface area contributed by atoms with Gasteiger partial charge < -0.3 is 14.4 Å². The first-order chi connectivity index (χ1) is 14.6. The Labute approximate surface area is 177 Å². The summed E-state index contributed by atoms with van der Waals surface area (Å²) < 4.78 is 12.6. The van der Waals surface area contributed by atoms with E-state index in [-0.39, 0.29) is 5.91 Å². The molecule has 2 aromatic carbocycles. The molecule has 1 amide bonds. The van der Waals surface area contributed by atoms with E-state index in [1.54, 1.807) is 26.7 Å². The molecule has 3 aromatic rings. The lowest BCUT2D eigenvalue weighted by Gasteiger charge is -2.31. The third kappa shape index (κ3) is 3.90. The van der Waals surface area contributed by atoms with Gasteiger partial charge in [-0.3, -0.25) is 9.36 Å². The largest absolute Gasteiger partial charge is 0.493 e. The molecule has 0 saturated carbocycles. The molecule has 1 fully saturated rings. The maximum Gasteiger partial charge on any atom is 0.272 e. The average Bonchev–Trinajstić information content (AvgIpc) is 3.28. The monoisotopic (exact) mass is 405 g/mol. The van der Waals surface area contributed by atoms with E-state index in [1.807, 2.05) is 45.9 Å². The van der Waals surface area contributed by atoms with E-state index in [2.05, 4.69) is 18.0 Å². The molecular formula is C24H27N3O3. The first-order valence-electron chi connectivity index (χ1n) is 10.2. The molecular weight excluding hydrogens is 378 g/mol. The molecule has 1 atom stereocenters. The van der Waals surface area contributed by atoms with Crippen molar-refractivity contribution in [2.45, 2.75) is 19.8 Å². The Morgan fingerprint density at radius 3 is 2.63 bits per heavy atom. The van der Waals surface area contributed by atoms with E-state index in [0.29, 0.717) is 23.1 Å². The Hall–Kier alpha value is -3.28. The summed E-state index contributed by atoms with van der Waals surface area (Å²) in [6.07, 6.45) is 5.59. The molecule has 4 rings (SSSR count). The third-order valence-electron chi connectivity index (χ3n) is 5.64. The van der Waals surface area contributed by atoms with E-state index < -0.39 is 0 Å². The van der Waals surface area contributed by atoms with Crippen molar-refractivity contribution in [1.29, 1.82) is 0 Å². The smallest absolute Gasteiger partial charge is 0.272 e. The predicted octanol–water partition coefficient (Wildman–Crippen LogP) is 4.43. The van der Waals surface area contributed by atoms with Crippen molar-refractivity contribution in [1.82, 2.24) is 14.5 Å². The van der Waals surface area contributed by atoms with E-state index in [9.17, 15) is 4.79 Å². The maximum atomic E-state index is 13.1. The molecule has 30 heavy (non-hydrogen) atoms. The van der Waals surface area contributed by atoms with E-state index >= 15 is 0 Å². The fraction of sp³-hybridized carbons (Fsp3) is 0.333. The molecule has 156 valence electrons. The number of hydrogen-bond acceptors (Lipinski definition) is 4. The Kier molecular flexibility index (Phi) is 5.74. The van der Waals surface area contributed by atoms with E-state index in [4.69, 9.17) is 9.47 Å². The summed E-state index contributed by atoms with van der Waals surface area (Å²) in [7, 11) is 3.25. The third-order valence-corrected chi connectivity index (χ3v) is 5.64. The molecule has 0 unspecified atom stereocenters. The molecule has 0 spiro atoms. The average molecular weight is 405 g/mol. The molecule has 1 aliphatic rings. The zero-order chi connectivity index (χ0) is 21.1. The SMILES string of the molecule is COc1ccc(-c2cccc(-n3cncc3C(=O)N3CCC[C@H](C)C3)c2)cc1OC. The zero-order valence-corrected chi connectivity index (χ0v) is 17.7. The van der Waals surface area contributed by atoms with Crippen LogP contribution in [0.1, 0.15) is 30.3 Å². The number of carbonyl (C=O) groups is 1. The lowest BCUT2D eigenvalue weighted by molar-refractivity contribution is 0.0675. The Balaban J connectivity index is 1.66. The normalized spacial score (nSPS) is 16.4. The molecule has 0 radical (unpaired) electrons. The number of nitrogens with zero attached hydrogens (tertiary/aromatic N) is 3. The summed E-state index contributed by atoms with van der Waals surface area (Å²) in [6.45, 7) is 3.80. The van der Waals surface area contributed by atoms with Gasteiger partial charge in [-0.2, -0.15) is 0 Å². The summed E-state index contributed by atoms with van der Waals surface area (Å²) in [5, 5.41) is 0. The summed E-state index contributed by atoms with van der Waals surface area (Å²) in [5.74, 6) is 1.94. The van der Waals surface area contributed by atoms with Crippen LogP contribution in [0, 0.1) is 5.92 Å². The standard InChI is InChI=1S/C24H27N3O3/c1-17-6-5-11-26(15-17)24(28)21-14-25-16-27(21)20-8-4-7-18(12-20)19-9-10-22(29-2)23(13-19)30-3/h4,7-10,12-14,16-17H,5-6,11,15H2,1-3H3/t17-/m0/s1. The number of rotatable bonds is 5. The number of likely N-dealkylation sites (tertiary alicyclic amines) is 1. The van der Waals surface area contributed by atoms with E-state index in [1.165, 1.54) is 6.42 Å². The van der Waals surface area contributed by atoms with Gasteiger partial charge in [0, 0.05) is 18.8 Å². The lowest BCUT2D eigenvalue weighted by atomic mass is 10.00. The van der Waals surface area contributed by atoms with Crippen LogP contribution in [0.25, 0.3) is 16.8 Å². The van der Waals surface area contributed by atoms with Crippen LogP contribution in [0.4, 0.5) is 0 Å². The van der Waals surface area contributed by atoms with Crippen molar-refractivity contribution in [3.05, 3.63) is 60.7 Å². The van der Waals surface area contributed by atoms with Gasteiger partial charge in [-0.15, -0.1) is 0 Å². The highest BCUT2D eigenvalue weighted by atomic mass is 16.5. The number of ether oxygens (including phenoxy) is 2. The topological polar surface area (TPSA) is 56.6 Å². The van der Waals surface area contributed by atoms with Crippen molar-refractivity contribution < 1.29 is 14.3 Å². The van der Waals surface area contributed by atoms with Gasteiger partial charge in [0.2, 0.25) is 0 Å². The summed E-state index contributed by atoms with van der Waals surface area (Å²) >= 11 is 0. The highest BCUT2D eigenvalue weighted by Crippen LogP contribution is 2.33. The van der Waals surface area contributed by atoms with Crippen molar-refractivity contribution >= 4 is 5.91 Å². The minimum atomic E-state index is 0.0376. The summed E-state index contributed by atoms with van der Waals surface area (Å²) in [6, 6.07) is 13.9. The zero-order valence-electron chi connectivity index (χ0n) is 17.7. The van der Waals surface area contributed by atoms with Crippen molar-refractivity contribution in [2.75, 3.05) is 27.3 Å². The van der Waals surface area contributed by atoms with Crippen LogP contribution in [0.5, 0.6) is 11.5 Å². The second-order valence-corrected chi connectivity index (χ2v) is 7.77. The fourth-order valence-electron chi connectivity index (χ4n) is 4.05. The highest BCUT2D eigenvalue weighted by Gasteiger charge is 2.24. The minimum absolute atomic E-state index is 0.0376. The fourth-order valence-corrected chi connectivity index (χ4v) is 4.05. The molecule has 0 aliphatic carbocycles. The maximum absolute atomic E-state index is 13.1. The van der Waals surface area contributed by atoms with Crippen LogP contribution in [-0.4, -0.2) is 47.7 Å². The molecule has 1 saturated heterocycles. The molecule has 0 bridgehead atoms. The second-order valence-electron chi connectivity index (χ2n) is 7.77. The number of imidazole rings is 1. The van der Waals surface area contributed by atoms with Crippen molar-refractivity contribution in [2.24, 2.45) is 5.92 Å². The molecule has 6 nitrogen and oxygen atoms in total. The highest BCUT2D eigenvalue weighted by molar-refractivity contribution is 5.93. The minimum Gasteiger partial charge on any atom is -0.493 e. The van der Waals surface area contributed by atoms with Crippen LogP contribution in [0.15, 0.2) is 55.0 Å². The molecule has 1 aliphatic heterocycles. The molecule has 2 heterocycles. The van der Waals surface area contributed by atoms with Crippen LogP contribution in [0.3, 0.4) is 0 Å². The van der Waals surface area contributed by atoms with Gasteiger partial charge in [0.05, 0.1) is 26.7 Å². The predicted molar refractivity (Wildman–Crippen MR) is 116 cm³/mol. The van der Waals surface area contributed by atoms with Gasteiger partial charge in [-0.1, -0.05) is 25.1 Å². The number of hydrogen-bond donors (Lipinski definition) is 0. The molecule has 6 heteroatoms. The van der Waals surface area contributed by atoms with Crippen LogP contribution < -0.4 is 9.47 Å². The number of benzene rings is 2. The van der Waals surface area contributed by atoms with Gasteiger partial charge in [-0.05, 0) is 54.2 Å². The van der Waals surface area contributed by atoms with Crippen molar-refractivity contribution in [3.63, 3.8) is 0 Å². The van der Waals surface area contributed by atoms with Gasteiger partial charge in [0.15, 0.2) is 11.5 Å².